The molecule has 1 aliphatic heterocycles. The second-order valence-electron chi connectivity index (χ2n) is 5.54. The molecule has 0 aromatic heterocycles. The van der Waals surface area contributed by atoms with Crippen molar-refractivity contribution in [2.45, 2.75) is 50.6 Å². The van der Waals surface area contributed by atoms with Crippen molar-refractivity contribution in [1.29, 1.82) is 0 Å². The third-order valence-electron chi connectivity index (χ3n) is 4.33. The summed E-state index contributed by atoms with van der Waals surface area (Å²) < 4.78 is 0. The van der Waals surface area contributed by atoms with Crippen LogP contribution in [0.1, 0.15) is 39.0 Å². The second kappa shape index (κ2) is 3.22. The van der Waals surface area contributed by atoms with Gasteiger partial charge >= 0.3 is 0 Å². The Morgan fingerprint density at radius 3 is 2.44 bits per heavy atom. The molecule has 4 heteroatoms. The first-order valence-corrected chi connectivity index (χ1v) is 6.23. The molecular weight excluding hydrogens is 204 g/mol. The molecule has 0 aromatic rings. The molecule has 0 bridgehead atoms. The lowest BCUT2D eigenvalue weighted by atomic mass is 9.86. The van der Waals surface area contributed by atoms with Crippen molar-refractivity contribution in [3.05, 3.63) is 0 Å². The molecule has 88 valence electrons. The number of hydrogen-bond acceptors (Lipinski definition) is 2. The summed E-state index contributed by atoms with van der Waals surface area (Å²) in [7, 11) is 0. The minimum Gasteiger partial charge on any atom is -0.340 e. The first-order chi connectivity index (χ1) is 7.61. The van der Waals surface area contributed by atoms with Crippen LogP contribution in [0.4, 0.5) is 0 Å². The Bertz CT molecular complexity index is 347. The molecule has 3 fully saturated rings. The third kappa shape index (κ3) is 1.35. The minimum absolute atomic E-state index is 0.0147. The largest absolute Gasteiger partial charge is 0.340 e. The predicted octanol–water partition coefficient (Wildman–Crippen LogP) is 0.666. The van der Waals surface area contributed by atoms with E-state index in [9.17, 15) is 9.59 Å². The molecule has 1 heterocycles. The van der Waals surface area contributed by atoms with Crippen LogP contribution in [0.2, 0.25) is 0 Å². The van der Waals surface area contributed by atoms with Crippen LogP contribution in [0.15, 0.2) is 0 Å². The van der Waals surface area contributed by atoms with Crippen LogP contribution in [0.5, 0.6) is 0 Å². The van der Waals surface area contributed by atoms with Gasteiger partial charge in [0.2, 0.25) is 11.8 Å². The van der Waals surface area contributed by atoms with E-state index in [0.29, 0.717) is 12.0 Å². The molecule has 0 aromatic carbocycles. The van der Waals surface area contributed by atoms with Gasteiger partial charge in [0.1, 0.15) is 5.54 Å². The zero-order chi connectivity index (χ0) is 11.3. The SMILES string of the molecule is CC1(C2CC2)NC(=O)CN(C2CCC2)C1=O. The number of nitrogens with one attached hydrogen (secondary N) is 1. The number of carbonyl (C=O) groups excluding carboxylic acids is 2. The van der Waals surface area contributed by atoms with Crippen LogP contribution < -0.4 is 5.32 Å². The Morgan fingerprint density at radius 2 is 1.94 bits per heavy atom. The maximum atomic E-state index is 12.4. The second-order valence-corrected chi connectivity index (χ2v) is 5.54. The zero-order valence-electron chi connectivity index (χ0n) is 9.66. The van der Waals surface area contributed by atoms with E-state index >= 15 is 0 Å². The average molecular weight is 222 g/mol. The summed E-state index contributed by atoms with van der Waals surface area (Å²) in [6.45, 7) is 2.17. The highest BCUT2D eigenvalue weighted by atomic mass is 16.2. The van der Waals surface area contributed by atoms with E-state index in [2.05, 4.69) is 5.32 Å². The topological polar surface area (TPSA) is 49.4 Å². The molecule has 1 atom stereocenters. The molecule has 0 spiro atoms. The summed E-state index contributed by atoms with van der Waals surface area (Å²) in [5, 5.41) is 2.91. The normalized spacial score (nSPS) is 35.9. The molecule has 1 N–H and O–H groups in total. The summed E-state index contributed by atoms with van der Waals surface area (Å²) in [6, 6.07) is 0.330. The van der Waals surface area contributed by atoms with E-state index in [1.807, 2.05) is 11.8 Å². The van der Waals surface area contributed by atoms with Crippen LogP contribution in [0.3, 0.4) is 0 Å². The number of nitrogens with zero attached hydrogens (tertiary/aromatic N) is 1. The maximum Gasteiger partial charge on any atom is 0.249 e. The van der Waals surface area contributed by atoms with Gasteiger partial charge in [0.05, 0.1) is 6.54 Å². The molecule has 3 rings (SSSR count). The summed E-state index contributed by atoms with van der Waals surface area (Å²) in [5.74, 6) is 0.534. The van der Waals surface area contributed by atoms with Gasteiger partial charge in [-0.1, -0.05) is 0 Å². The van der Waals surface area contributed by atoms with Crippen molar-refractivity contribution in [3.8, 4) is 0 Å². The van der Waals surface area contributed by atoms with Gasteiger partial charge in [-0.2, -0.15) is 0 Å². The fourth-order valence-electron chi connectivity index (χ4n) is 2.84. The Balaban J connectivity index is 1.84. The van der Waals surface area contributed by atoms with E-state index in [1.165, 1.54) is 6.42 Å². The van der Waals surface area contributed by atoms with Crippen LogP contribution in [-0.2, 0) is 9.59 Å². The van der Waals surface area contributed by atoms with Crippen LogP contribution in [0.25, 0.3) is 0 Å². The van der Waals surface area contributed by atoms with Gasteiger partial charge in [0.25, 0.3) is 0 Å². The highest BCUT2D eigenvalue weighted by Gasteiger charge is 2.53. The smallest absolute Gasteiger partial charge is 0.249 e. The summed E-state index contributed by atoms with van der Waals surface area (Å²) >= 11 is 0. The fourth-order valence-corrected chi connectivity index (χ4v) is 2.84. The molecule has 4 nitrogen and oxygen atoms in total. The predicted molar refractivity (Wildman–Crippen MR) is 58.6 cm³/mol. The quantitative estimate of drug-likeness (QED) is 0.746. The Labute approximate surface area is 95.4 Å². The summed E-state index contributed by atoms with van der Waals surface area (Å²) in [6.07, 6.45) is 5.47. The van der Waals surface area contributed by atoms with Crippen molar-refractivity contribution in [2.24, 2.45) is 5.92 Å². The standard InChI is InChI=1S/C12H18N2O2/c1-12(8-5-6-8)11(16)14(7-10(15)13-12)9-3-2-4-9/h8-9H,2-7H2,1H3,(H,13,15). The minimum atomic E-state index is -0.606. The van der Waals surface area contributed by atoms with Crippen LogP contribution >= 0.6 is 0 Å². The average Bonchev–Trinajstić information content (AvgIpc) is 2.93. The number of hydrogen-bond donors (Lipinski definition) is 1. The van der Waals surface area contributed by atoms with Gasteiger partial charge in [0, 0.05) is 6.04 Å². The van der Waals surface area contributed by atoms with Crippen LogP contribution in [-0.4, -0.2) is 34.8 Å². The highest BCUT2D eigenvalue weighted by Crippen LogP contribution is 2.42. The Hall–Kier alpha value is -1.06. The van der Waals surface area contributed by atoms with Gasteiger partial charge in [0.15, 0.2) is 0 Å². The number of rotatable bonds is 2. The summed E-state index contributed by atoms with van der Waals surface area (Å²) in [4.78, 5) is 25.9. The number of amides is 2. The van der Waals surface area contributed by atoms with Gasteiger partial charge in [-0.15, -0.1) is 0 Å². The van der Waals surface area contributed by atoms with Crippen molar-refractivity contribution in [1.82, 2.24) is 10.2 Å². The van der Waals surface area contributed by atoms with Crippen molar-refractivity contribution < 1.29 is 9.59 Å². The van der Waals surface area contributed by atoms with Crippen LogP contribution in [0, 0.1) is 5.92 Å². The molecule has 2 saturated carbocycles. The molecular formula is C12H18N2O2. The van der Waals surface area contributed by atoms with Crippen molar-refractivity contribution in [2.75, 3.05) is 6.54 Å². The maximum absolute atomic E-state index is 12.4. The van der Waals surface area contributed by atoms with Crippen molar-refractivity contribution in [3.63, 3.8) is 0 Å². The van der Waals surface area contributed by atoms with Gasteiger partial charge in [-0.25, -0.2) is 0 Å². The lowest BCUT2D eigenvalue weighted by molar-refractivity contribution is -0.154. The number of carbonyl (C=O) groups is 2. The lowest BCUT2D eigenvalue weighted by Crippen LogP contribution is -2.68. The molecule has 1 saturated heterocycles. The first-order valence-electron chi connectivity index (χ1n) is 6.23. The molecule has 16 heavy (non-hydrogen) atoms. The molecule has 2 amide bonds. The van der Waals surface area contributed by atoms with Gasteiger partial charge in [-0.3, -0.25) is 9.59 Å². The van der Waals surface area contributed by atoms with Gasteiger partial charge < -0.3 is 10.2 Å². The highest BCUT2D eigenvalue weighted by molar-refractivity contribution is 5.98. The molecule has 3 aliphatic rings. The number of piperazine rings is 1. The monoisotopic (exact) mass is 222 g/mol. The molecule has 2 aliphatic carbocycles. The zero-order valence-corrected chi connectivity index (χ0v) is 9.66. The van der Waals surface area contributed by atoms with E-state index in [-0.39, 0.29) is 18.4 Å². The van der Waals surface area contributed by atoms with Crippen molar-refractivity contribution >= 4 is 11.8 Å². The van der Waals surface area contributed by atoms with E-state index in [1.54, 1.807) is 0 Å². The first kappa shape index (κ1) is 10.1. The van der Waals surface area contributed by atoms with E-state index < -0.39 is 5.54 Å². The molecule has 1 unspecified atom stereocenters. The van der Waals surface area contributed by atoms with E-state index in [4.69, 9.17) is 0 Å². The fraction of sp³-hybridized carbons (Fsp3) is 0.833. The van der Waals surface area contributed by atoms with E-state index in [0.717, 1.165) is 25.7 Å². The van der Waals surface area contributed by atoms with Gasteiger partial charge in [-0.05, 0) is 44.9 Å². The lowest BCUT2D eigenvalue weighted by Gasteiger charge is -2.46. The molecule has 0 radical (unpaired) electrons. The summed E-state index contributed by atoms with van der Waals surface area (Å²) in [5.41, 5.74) is -0.606. The Morgan fingerprint density at radius 1 is 1.25 bits per heavy atom. The third-order valence-corrected chi connectivity index (χ3v) is 4.33. The Kier molecular flexibility index (Phi) is 2.03.